The molecule has 0 unspecified atom stereocenters. The van der Waals surface area contributed by atoms with Gasteiger partial charge in [0.25, 0.3) is 0 Å². The number of methoxy groups -OCH3 is 2. The average molecular weight is 574 g/mol. The maximum absolute atomic E-state index is 13.9. The molecule has 0 saturated carbocycles. The van der Waals surface area contributed by atoms with Crippen LogP contribution in [0.15, 0.2) is 64.2 Å². The molecule has 0 aromatic heterocycles. The third-order valence-electron chi connectivity index (χ3n) is 4.90. The molecule has 3 aromatic rings. The van der Waals surface area contributed by atoms with Crippen LogP contribution in [-0.4, -0.2) is 38.9 Å². The first-order chi connectivity index (χ1) is 17.9. The fourth-order valence-electron chi connectivity index (χ4n) is 3.13. The van der Waals surface area contributed by atoms with Crippen molar-refractivity contribution < 1.29 is 32.9 Å². The zero-order chi connectivity index (χ0) is 26.8. The molecule has 3 aromatic carbocycles. The highest BCUT2D eigenvalue weighted by Crippen LogP contribution is 2.37. The van der Waals surface area contributed by atoms with Gasteiger partial charge in [-0.1, -0.05) is 18.2 Å². The van der Waals surface area contributed by atoms with Crippen LogP contribution in [0.3, 0.4) is 0 Å². The van der Waals surface area contributed by atoms with Crippen molar-refractivity contribution in [3.63, 3.8) is 0 Å². The minimum absolute atomic E-state index is 0.00291. The highest BCUT2D eigenvalue weighted by atomic mass is 79.9. The van der Waals surface area contributed by atoms with E-state index in [0.717, 1.165) is 0 Å². The lowest BCUT2D eigenvalue weighted by Crippen LogP contribution is -2.32. The quantitative estimate of drug-likeness (QED) is 0.207. The number of amides is 2. The number of hydrogen-bond donors (Lipinski definition) is 2. The van der Waals surface area contributed by atoms with E-state index in [1.54, 1.807) is 48.5 Å². The number of carbonyl (C=O) groups excluding carboxylic acids is 2. The SMILES string of the molecule is CCOc1cc(/C=N/NC(=O)C(=O)Nc2ccc(OC)cc2OC)cc(Br)c1OCc1ccccc1F. The minimum atomic E-state index is -0.983. The fraction of sp³-hybridized carbons (Fsp3) is 0.192. The molecule has 0 atom stereocenters. The minimum Gasteiger partial charge on any atom is -0.497 e. The summed E-state index contributed by atoms with van der Waals surface area (Å²) in [5.74, 6) is -0.647. The number of benzene rings is 3. The van der Waals surface area contributed by atoms with Gasteiger partial charge in [0.2, 0.25) is 0 Å². The Morgan fingerprint density at radius 3 is 2.49 bits per heavy atom. The second kappa shape index (κ2) is 13.3. The van der Waals surface area contributed by atoms with Crippen molar-refractivity contribution in [1.82, 2.24) is 5.43 Å². The van der Waals surface area contributed by atoms with Crippen LogP contribution in [0.1, 0.15) is 18.1 Å². The average Bonchev–Trinajstić information content (AvgIpc) is 2.89. The molecule has 0 heterocycles. The fourth-order valence-corrected chi connectivity index (χ4v) is 3.70. The second-order valence-corrected chi connectivity index (χ2v) is 8.22. The Balaban J connectivity index is 1.66. The van der Waals surface area contributed by atoms with Gasteiger partial charge in [-0.2, -0.15) is 5.10 Å². The van der Waals surface area contributed by atoms with Crippen LogP contribution in [-0.2, 0) is 16.2 Å². The van der Waals surface area contributed by atoms with Crippen LogP contribution in [0.4, 0.5) is 10.1 Å². The molecule has 0 saturated heterocycles. The van der Waals surface area contributed by atoms with Crippen molar-refractivity contribution in [2.45, 2.75) is 13.5 Å². The van der Waals surface area contributed by atoms with Crippen LogP contribution < -0.4 is 29.7 Å². The first kappa shape index (κ1) is 27.5. The predicted octanol–water partition coefficient (Wildman–Crippen LogP) is 4.67. The van der Waals surface area contributed by atoms with Crippen molar-refractivity contribution in [3.8, 4) is 23.0 Å². The first-order valence-electron chi connectivity index (χ1n) is 11.0. The summed E-state index contributed by atoms with van der Waals surface area (Å²) in [5, 5.41) is 6.31. The van der Waals surface area contributed by atoms with Gasteiger partial charge in [0, 0.05) is 11.6 Å². The number of hydrogen-bond acceptors (Lipinski definition) is 7. The molecule has 0 radical (unpaired) electrons. The smallest absolute Gasteiger partial charge is 0.329 e. The van der Waals surface area contributed by atoms with Crippen molar-refractivity contribution in [3.05, 3.63) is 76.0 Å². The number of anilines is 1. The molecule has 194 valence electrons. The number of carbonyl (C=O) groups is 2. The van der Waals surface area contributed by atoms with Crippen molar-refractivity contribution in [2.75, 3.05) is 26.1 Å². The van der Waals surface area contributed by atoms with E-state index in [9.17, 15) is 14.0 Å². The number of nitrogens with one attached hydrogen (secondary N) is 2. The van der Waals surface area contributed by atoms with Gasteiger partial charge >= 0.3 is 11.8 Å². The molecule has 37 heavy (non-hydrogen) atoms. The van der Waals surface area contributed by atoms with Gasteiger partial charge in [-0.05, 0) is 58.7 Å². The van der Waals surface area contributed by atoms with Crippen molar-refractivity contribution in [1.29, 1.82) is 0 Å². The summed E-state index contributed by atoms with van der Waals surface area (Å²) in [6.07, 6.45) is 1.34. The van der Waals surface area contributed by atoms with Gasteiger partial charge in [0.1, 0.15) is 23.9 Å². The van der Waals surface area contributed by atoms with Crippen LogP contribution in [0, 0.1) is 5.82 Å². The van der Waals surface area contributed by atoms with Gasteiger partial charge in [-0.15, -0.1) is 0 Å². The second-order valence-electron chi connectivity index (χ2n) is 7.36. The zero-order valence-corrected chi connectivity index (χ0v) is 21.9. The van der Waals surface area contributed by atoms with E-state index in [0.29, 0.717) is 50.9 Å². The lowest BCUT2D eigenvalue weighted by molar-refractivity contribution is -0.136. The van der Waals surface area contributed by atoms with Crippen LogP contribution in [0.2, 0.25) is 0 Å². The topological polar surface area (TPSA) is 107 Å². The molecule has 0 aliphatic carbocycles. The molecule has 11 heteroatoms. The monoisotopic (exact) mass is 573 g/mol. The lowest BCUT2D eigenvalue weighted by Gasteiger charge is -2.15. The van der Waals surface area contributed by atoms with Gasteiger partial charge in [0.15, 0.2) is 11.5 Å². The van der Waals surface area contributed by atoms with E-state index >= 15 is 0 Å². The van der Waals surface area contributed by atoms with Gasteiger partial charge in [-0.3, -0.25) is 9.59 Å². The maximum Gasteiger partial charge on any atom is 0.329 e. The number of nitrogens with zero attached hydrogens (tertiary/aromatic N) is 1. The van der Waals surface area contributed by atoms with Gasteiger partial charge < -0.3 is 24.3 Å². The van der Waals surface area contributed by atoms with E-state index < -0.39 is 11.8 Å². The largest absolute Gasteiger partial charge is 0.497 e. The van der Waals surface area contributed by atoms with E-state index in [2.05, 4.69) is 31.8 Å². The lowest BCUT2D eigenvalue weighted by atomic mass is 10.2. The summed E-state index contributed by atoms with van der Waals surface area (Å²) in [7, 11) is 2.93. The predicted molar refractivity (Wildman–Crippen MR) is 140 cm³/mol. The maximum atomic E-state index is 13.9. The van der Waals surface area contributed by atoms with Crippen molar-refractivity contribution in [2.24, 2.45) is 5.10 Å². The molecule has 0 aliphatic rings. The van der Waals surface area contributed by atoms with E-state index in [-0.39, 0.29) is 12.4 Å². The zero-order valence-electron chi connectivity index (χ0n) is 20.3. The molecular formula is C26H25BrFN3O6. The number of rotatable bonds is 10. The Morgan fingerprint density at radius 1 is 1.00 bits per heavy atom. The molecule has 9 nitrogen and oxygen atoms in total. The first-order valence-corrected chi connectivity index (χ1v) is 11.8. The molecule has 0 fully saturated rings. The van der Waals surface area contributed by atoms with Crippen LogP contribution in [0.25, 0.3) is 0 Å². The molecule has 2 amide bonds. The van der Waals surface area contributed by atoms with Crippen LogP contribution in [0.5, 0.6) is 23.0 Å². The summed E-state index contributed by atoms with van der Waals surface area (Å²) in [6.45, 7) is 2.17. The Hall–Kier alpha value is -4.12. The van der Waals surface area contributed by atoms with E-state index in [1.165, 1.54) is 26.5 Å². The highest BCUT2D eigenvalue weighted by molar-refractivity contribution is 9.10. The van der Waals surface area contributed by atoms with E-state index in [4.69, 9.17) is 18.9 Å². The molecule has 0 aliphatic heterocycles. The molecule has 2 N–H and O–H groups in total. The third kappa shape index (κ3) is 7.43. The van der Waals surface area contributed by atoms with Gasteiger partial charge in [0.05, 0.1) is 37.2 Å². The summed E-state index contributed by atoms with van der Waals surface area (Å²) >= 11 is 3.43. The number of ether oxygens (including phenoxy) is 4. The summed E-state index contributed by atoms with van der Waals surface area (Å²) in [5.41, 5.74) is 3.41. The molecular weight excluding hydrogens is 549 g/mol. The number of hydrazone groups is 1. The normalized spacial score (nSPS) is 10.6. The van der Waals surface area contributed by atoms with Gasteiger partial charge in [-0.25, -0.2) is 9.82 Å². The third-order valence-corrected chi connectivity index (χ3v) is 5.49. The summed E-state index contributed by atoms with van der Waals surface area (Å²) in [4.78, 5) is 24.5. The van der Waals surface area contributed by atoms with E-state index in [1.807, 2.05) is 6.92 Å². The molecule has 0 bridgehead atoms. The van der Waals surface area contributed by atoms with Crippen LogP contribution >= 0.6 is 15.9 Å². The Kier molecular flexibility index (Phi) is 9.84. The Morgan fingerprint density at radius 2 is 1.78 bits per heavy atom. The summed E-state index contributed by atoms with van der Waals surface area (Å²) < 4.78 is 36.3. The standard InChI is InChI=1S/C26H25BrFN3O6/c1-4-36-23-12-16(11-19(27)24(23)37-15-17-7-5-6-8-20(17)28)14-29-31-26(33)25(32)30-21-10-9-18(34-2)13-22(21)35-3/h5-14H,4,15H2,1-3H3,(H,30,32)(H,31,33)/b29-14+. The highest BCUT2D eigenvalue weighted by Gasteiger charge is 2.17. The Bertz CT molecular complexity index is 1300. The Labute approximate surface area is 221 Å². The molecule has 0 spiro atoms. The summed E-state index contributed by atoms with van der Waals surface area (Å²) in [6, 6.07) is 14.4. The molecule has 3 rings (SSSR count). The number of halogens is 2. The van der Waals surface area contributed by atoms with Crippen molar-refractivity contribution >= 4 is 39.6 Å².